The van der Waals surface area contributed by atoms with Gasteiger partial charge in [0.25, 0.3) is 10.0 Å². The summed E-state index contributed by atoms with van der Waals surface area (Å²) in [6.07, 6.45) is 1.56. The number of benzene rings is 3. The van der Waals surface area contributed by atoms with Crippen LogP contribution in [0, 0.1) is 6.92 Å². The topological polar surface area (TPSA) is 49.7 Å². The van der Waals surface area contributed by atoms with Crippen LogP contribution in [0.15, 0.2) is 94.9 Å². The second-order valence-electron chi connectivity index (χ2n) is 5.94. The summed E-state index contributed by atoms with van der Waals surface area (Å²) >= 11 is 0. The summed E-state index contributed by atoms with van der Waals surface area (Å²) in [5, 5.41) is 4.28. The van der Waals surface area contributed by atoms with Crippen molar-refractivity contribution in [3.05, 3.63) is 102 Å². The molecule has 0 saturated carbocycles. The van der Waals surface area contributed by atoms with Gasteiger partial charge in [-0.15, -0.1) is 0 Å². The maximum Gasteiger partial charge on any atom is 0.279 e. The highest BCUT2D eigenvalue weighted by Gasteiger charge is 2.23. The molecule has 4 nitrogen and oxygen atoms in total. The molecule has 0 aliphatic heterocycles. The number of hydrogen-bond acceptors (Lipinski definition) is 3. The van der Waals surface area contributed by atoms with Crippen LogP contribution in [0.25, 0.3) is 0 Å². The van der Waals surface area contributed by atoms with Crippen LogP contribution in [-0.4, -0.2) is 19.0 Å². The van der Waals surface area contributed by atoms with Gasteiger partial charge in [-0.1, -0.05) is 78.4 Å². The molecule has 0 aromatic heterocycles. The Kier molecular flexibility index (Phi) is 5.49. The van der Waals surface area contributed by atoms with E-state index in [1.54, 1.807) is 30.5 Å². The van der Waals surface area contributed by atoms with E-state index in [-0.39, 0.29) is 11.4 Å². The first-order valence-electron chi connectivity index (χ1n) is 8.28. The summed E-state index contributed by atoms with van der Waals surface area (Å²) in [6, 6.07) is 25.7. The number of rotatable bonds is 6. The van der Waals surface area contributed by atoms with Gasteiger partial charge in [-0.2, -0.15) is 17.9 Å². The third-order valence-corrected chi connectivity index (χ3v) is 5.54. The molecule has 0 radical (unpaired) electrons. The fourth-order valence-corrected chi connectivity index (χ4v) is 3.64. The fourth-order valence-electron chi connectivity index (χ4n) is 2.43. The minimum absolute atomic E-state index is 0.167. The largest absolute Gasteiger partial charge is 0.279 e. The zero-order valence-electron chi connectivity index (χ0n) is 14.5. The maximum atomic E-state index is 13.1. The number of hydrogen-bond donors (Lipinski definition) is 0. The lowest BCUT2D eigenvalue weighted by Gasteiger charge is -2.19. The summed E-state index contributed by atoms with van der Waals surface area (Å²) in [7, 11) is -3.75. The van der Waals surface area contributed by atoms with Crippen LogP contribution in [0.1, 0.15) is 16.7 Å². The van der Waals surface area contributed by atoms with Crippen LogP contribution in [0.5, 0.6) is 0 Å². The van der Waals surface area contributed by atoms with Gasteiger partial charge < -0.3 is 0 Å². The first-order valence-corrected chi connectivity index (χ1v) is 9.72. The number of nitrogens with zero attached hydrogens (tertiary/aromatic N) is 2. The van der Waals surface area contributed by atoms with E-state index in [2.05, 4.69) is 5.10 Å². The lowest BCUT2D eigenvalue weighted by Crippen LogP contribution is -2.26. The van der Waals surface area contributed by atoms with Crippen molar-refractivity contribution in [2.24, 2.45) is 5.10 Å². The van der Waals surface area contributed by atoms with Gasteiger partial charge in [-0.05, 0) is 30.2 Å². The third kappa shape index (κ3) is 4.37. The summed E-state index contributed by atoms with van der Waals surface area (Å²) in [4.78, 5) is 0.226. The SMILES string of the molecule is Cc1ccc(S(=O)(=O)N(Cc2ccccc2)N=Cc2ccccc2)cc1. The Hall–Kier alpha value is -2.92. The van der Waals surface area contributed by atoms with E-state index in [9.17, 15) is 8.42 Å². The van der Waals surface area contributed by atoms with Crippen LogP contribution >= 0.6 is 0 Å². The molecule has 0 bridgehead atoms. The van der Waals surface area contributed by atoms with Crippen LogP contribution in [0.2, 0.25) is 0 Å². The summed E-state index contributed by atoms with van der Waals surface area (Å²) in [5.74, 6) is 0. The van der Waals surface area contributed by atoms with E-state index in [0.717, 1.165) is 21.1 Å². The molecular weight excluding hydrogens is 344 g/mol. The zero-order valence-corrected chi connectivity index (χ0v) is 15.3. The van der Waals surface area contributed by atoms with E-state index in [0.29, 0.717) is 0 Å². The quantitative estimate of drug-likeness (QED) is 0.486. The molecule has 3 aromatic rings. The van der Waals surface area contributed by atoms with Gasteiger partial charge in [0.2, 0.25) is 0 Å². The first-order chi connectivity index (χ1) is 12.6. The van der Waals surface area contributed by atoms with E-state index >= 15 is 0 Å². The molecule has 0 aliphatic carbocycles. The second kappa shape index (κ2) is 7.97. The molecule has 0 amide bonds. The van der Waals surface area contributed by atoms with Crippen LogP contribution in [-0.2, 0) is 16.6 Å². The van der Waals surface area contributed by atoms with Crippen molar-refractivity contribution >= 4 is 16.2 Å². The average molecular weight is 364 g/mol. The normalized spacial score (nSPS) is 11.6. The Morgan fingerprint density at radius 3 is 2.04 bits per heavy atom. The van der Waals surface area contributed by atoms with E-state index in [1.807, 2.05) is 67.6 Å². The van der Waals surface area contributed by atoms with Gasteiger partial charge in [0.15, 0.2) is 0 Å². The van der Waals surface area contributed by atoms with Crippen LogP contribution < -0.4 is 0 Å². The molecule has 0 unspecified atom stereocenters. The molecule has 5 heteroatoms. The molecule has 0 N–H and O–H groups in total. The van der Waals surface area contributed by atoms with E-state index in [4.69, 9.17) is 0 Å². The standard InChI is InChI=1S/C21H20N2O2S/c1-18-12-14-21(15-13-18)26(24,25)23(17-20-10-6-3-7-11-20)22-16-19-8-4-2-5-9-19/h2-16H,17H2,1H3. The van der Waals surface area contributed by atoms with Gasteiger partial charge >= 0.3 is 0 Å². The van der Waals surface area contributed by atoms with Crippen LogP contribution in [0.4, 0.5) is 0 Å². The summed E-state index contributed by atoms with van der Waals surface area (Å²) in [5.41, 5.74) is 2.71. The summed E-state index contributed by atoms with van der Waals surface area (Å²) < 4.78 is 27.3. The van der Waals surface area contributed by atoms with E-state index in [1.165, 1.54) is 0 Å². The van der Waals surface area contributed by atoms with Gasteiger partial charge in [0.05, 0.1) is 17.7 Å². The molecule has 0 spiro atoms. The average Bonchev–Trinajstić information content (AvgIpc) is 2.67. The van der Waals surface area contributed by atoms with E-state index < -0.39 is 10.0 Å². The Bertz CT molecular complexity index is 968. The first kappa shape index (κ1) is 17.9. The van der Waals surface area contributed by atoms with Gasteiger partial charge in [-0.3, -0.25) is 0 Å². The lowest BCUT2D eigenvalue weighted by molar-refractivity contribution is 0.427. The molecule has 0 saturated heterocycles. The molecule has 0 aliphatic rings. The molecule has 3 aromatic carbocycles. The van der Waals surface area contributed by atoms with Crippen molar-refractivity contribution in [2.45, 2.75) is 18.4 Å². The van der Waals surface area contributed by atoms with Gasteiger partial charge in [0, 0.05) is 0 Å². The third-order valence-electron chi connectivity index (χ3n) is 3.89. The predicted molar refractivity (Wildman–Crippen MR) is 104 cm³/mol. The Labute approximate surface area is 154 Å². The van der Waals surface area contributed by atoms with Crippen molar-refractivity contribution in [2.75, 3.05) is 0 Å². The fraction of sp³-hybridized carbons (Fsp3) is 0.0952. The molecule has 0 atom stereocenters. The zero-order chi connectivity index (χ0) is 18.4. The highest BCUT2D eigenvalue weighted by atomic mass is 32.2. The number of sulfonamides is 1. The minimum atomic E-state index is -3.75. The van der Waals surface area contributed by atoms with Crippen molar-refractivity contribution in [1.82, 2.24) is 4.41 Å². The second-order valence-corrected chi connectivity index (χ2v) is 7.78. The lowest BCUT2D eigenvalue weighted by atomic mass is 10.2. The van der Waals surface area contributed by atoms with Gasteiger partial charge in [0.1, 0.15) is 0 Å². The summed E-state index contributed by atoms with van der Waals surface area (Å²) in [6.45, 7) is 2.09. The van der Waals surface area contributed by atoms with Crippen molar-refractivity contribution in [3.63, 3.8) is 0 Å². The molecule has 3 rings (SSSR count). The monoisotopic (exact) mass is 364 g/mol. The molecule has 0 heterocycles. The van der Waals surface area contributed by atoms with Crippen molar-refractivity contribution < 1.29 is 8.42 Å². The molecular formula is C21H20N2O2S. The highest BCUT2D eigenvalue weighted by molar-refractivity contribution is 7.89. The van der Waals surface area contributed by atoms with Crippen molar-refractivity contribution in [3.8, 4) is 0 Å². The molecule has 26 heavy (non-hydrogen) atoms. The molecule has 0 fully saturated rings. The van der Waals surface area contributed by atoms with Crippen molar-refractivity contribution in [1.29, 1.82) is 0 Å². The Balaban J connectivity index is 1.96. The van der Waals surface area contributed by atoms with Crippen LogP contribution in [0.3, 0.4) is 0 Å². The minimum Gasteiger partial charge on any atom is -0.200 e. The number of hydrazone groups is 1. The van der Waals surface area contributed by atoms with Gasteiger partial charge in [-0.25, -0.2) is 0 Å². The Morgan fingerprint density at radius 1 is 0.846 bits per heavy atom. The Morgan fingerprint density at radius 2 is 1.42 bits per heavy atom. The smallest absolute Gasteiger partial charge is 0.200 e. The maximum absolute atomic E-state index is 13.1. The molecule has 132 valence electrons. The number of aryl methyl sites for hydroxylation is 1. The highest BCUT2D eigenvalue weighted by Crippen LogP contribution is 2.19. The predicted octanol–water partition coefficient (Wildman–Crippen LogP) is 4.22.